The summed E-state index contributed by atoms with van der Waals surface area (Å²) >= 11 is 0. The van der Waals surface area contributed by atoms with Gasteiger partial charge in [0, 0.05) is 19.3 Å². The van der Waals surface area contributed by atoms with Crippen molar-refractivity contribution in [1.29, 1.82) is 0 Å². The average molecular weight is 759 g/mol. The molecule has 8 heteroatoms. The summed E-state index contributed by atoms with van der Waals surface area (Å²) < 4.78 is 17.2. The minimum atomic E-state index is -0.882. The Morgan fingerprint density at radius 1 is 0.574 bits per heavy atom. The molecule has 0 aliphatic rings. The molecule has 1 N–H and O–H groups in total. The van der Waals surface area contributed by atoms with E-state index < -0.39 is 18.1 Å². The van der Waals surface area contributed by atoms with Crippen molar-refractivity contribution in [3.8, 4) is 0 Å². The van der Waals surface area contributed by atoms with Gasteiger partial charge in [0.15, 0.2) is 12.1 Å². The van der Waals surface area contributed by atoms with Gasteiger partial charge in [0.2, 0.25) is 0 Å². The molecule has 0 heterocycles. The van der Waals surface area contributed by atoms with Crippen molar-refractivity contribution in [2.24, 2.45) is 0 Å². The number of carbonyl (C=O) groups excluding carboxylic acids is 2. The van der Waals surface area contributed by atoms with E-state index in [1.54, 1.807) is 0 Å². The third-order valence-corrected chi connectivity index (χ3v) is 9.24. The van der Waals surface area contributed by atoms with E-state index in [1.807, 2.05) is 21.1 Å². The predicted octanol–water partition coefficient (Wildman–Crippen LogP) is 11.4. The van der Waals surface area contributed by atoms with Crippen LogP contribution in [0.1, 0.15) is 162 Å². The molecule has 8 nitrogen and oxygen atoms in total. The number of allylic oxidation sites excluding steroid dienone is 10. The van der Waals surface area contributed by atoms with E-state index in [1.165, 1.54) is 57.8 Å². The molecule has 0 radical (unpaired) electrons. The number of carboxylic acid groups (broad SMARTS) is 1. The van der Waals surface area contributed by atoms with E-state index in [0.29, 0.717) is 19.3 Å². The topological polar surface area (TPSA) is 99.1 Å². The average Bonchev–Trinajstić information content (AvgIpc) is 3.12. The molecule has 54 heavy (non-hydrogen) atoms. The van der Waals surface area contributed by atoms with Gasteiger partial charge in [-0.15, -0.1) is 0 Å². The van der Waals surface area contributed by atoms with Gasteiger partial charge < -0.3 is 23.8 Å². The number of quaternary nitrogens is 1. The van der Waals surface area contributed by atoms with Crippen LogP contribution in [0.15, 0.2) is 60.8 Å². The lowest BCUT2D eigenvalue weighted by Crippen LogP contribution is -2.50. The van der Waals surface area contributed by atoms with Gasteiger partial charge in [0.25, 0.3) is 0 Å². The molecule has 0 amide bonds. The molecule has 2 atom stereocenters. The van der Waals surface area contributed by atoms with E-state index in [-0.39, 0.29) is 36.2 Å². The van der Waals surface area contributed by atoms with Crippen LogP contribution < -0.4 is 0 Å². The lowest BCUT2D eigenvalue weighted by Gasteiger charge is -2.31. The number of unbranched alkanes of at least 4 members (excludes halogenated alkanes) is 16. The number of hydrogen-bond acceptors (Lipinski definition) is 6. The smallest absolute Gasteiger partial charge is 0.362 e. The lowest BCUT2D eigenvalue weighted by atomic mass is 10.1. The van der Waals surface area contributed by atoms with Crippen LogP contribution in [0.4, 0.5) is 0 Å². The molecule has 310 valence electrons. The van der Waals surface area contributed by atoms with Gasteiger partial charge in [-0.25, -0.2) is 4.79 Å². The summed E-state index contributed by atoms with van der Waals surface area (Å²) in [4.78, 5) is 36.9. The summed E-state index contributed by atoms with van der Waals surface area (Å²) in [5.74, 6) is -1.50. The molecule has 0 aliphatic heterocycles. The number of hydrogen-bond donors (Lipinski definition) is 1. The zero-order chi connectivity index (χ0) is 40.0. The van der Waals surface area contributed by atoms with E-state index in [0.717, 1.165) is 70.6 Å². The third kappa shape index (κ3) is 34.8. The Bertz CT molecular complexity index is 1070. The summed E-state index contributed by atoms with van der Waals surface area (Å²) in [5, 5.41) is 9.61. The zero-order valence-corrected chi connectivity index (χ0v) is 35.2. The molecule has 0 aromatic rings. The Kier molecular flexibility index (Phi) is 34.9. The van der Waals surface area contributed by atoms with Gasteiger partial charge in [-0.3, -0.25) is 9.59 Å². The second kappa shape index (κ2) is 37.0. The first-order valence-electron chi connectivity index (χ1n) is 21.4. The Labute approximate surface area is 330 Å². The summed E-state index contributed by atoms with van der Waals surface area (Å²) in [6, 6.07) is -0.620. The van der Waals surface area contributed by atoms with E-state index >= 15 is 0 Å². The van der Waals surface area contributed by atoms with Gasteiger partial charge in [-0.2, -0.15) is 0 Å². The van der Waals surface area contributed by atoms with Crippen LogP contribution in [-0.2, 0) is 28.6 Å². The first kappa shape index (κ1) is 51.0. The maximum Gasteiger partial charge on any atom is 0.362 e. The normalized spacial score (nSPS) is 13.6. The molecule has 0 aliphatic carbocycles. The quantitative estimate of drug-likeness (QED) is 0.0291. The number of likely N-dealkylation sites (N-methyl/N-ethyl adjacent to an activating group) is 1. The van der Waals surface area contributed by atoms with Crippen molar-refractivity contribution in [2.45, 2.75) is 174 Å². The number of carbonyl (C=O) groups is 3. The van der Waals surface area contributed by atoms with Crippen molar-refractivity contribution >= 4 is 17.9 Å². The maximum absolute atomic E-state index is 12.7. The molecule has 0 spiro atoms. The summed E-state index contributed by atoms with van der Waals surface area (Å²) in [7, 11) is 5.51. The van der Waals surface area contributed by atoms with Crippen LogP contribution in [-0.4, -0.2) is 80.6 Å². The van der Waals surface area contributed by atoms with Crippen LogP contribution in [0, 0.1) is 0 Å². The van der Waals surface area contributed by atoms with Crippen LogP contribution in [0.3, 0.4) is 0 Å². The van der Waals surface area contributed by atoms with Gasteiger partial charge >= 0.3 is 17.9 Å². The molecule has 0 aromatic carbocycles. The Morgan fingerprint density at radius 2 is 1.04 bits per heavy atom. The first-order chi connectivity index (χ1) is 26.1. The standard InChI is InChI=1S/C46H79NO7/c1-6-8-10-12-14-16-18-20-22-24-26-28-30-32-34-36-44(48)53-41-42(40-52-39-38-43(46(50)51)47(3,4)5)54-45(49)37-35-33-31-29-27-25-23-21-19-17-15-13-11-9-7-2/h9,11,13-20,42-43H,6-8,10,12,21-41H2,1-5H3/p+1/b11-9+,15-13+,16-14+,19-17+,20-18+. The number of carboxylic acids is 1. The van der Waals surface area contributed by atoms with Crippen molar-refractivity contribution < 1.29 is 38.2 Å². The summed E-state index contributed by atoms with van der Waals surface area (Å²) in [5.41, 5.74) is 0. The van der Waals surface area contributed by atoms with Crippen LogP contribution in [0.25, 0.3) is 0 Å². The van der Waals surface area contributed by atoms with E-state index in [4.69, 9.17) is 14.2 Å². The van der Waals surface area contributed by atoms with Crippen LogP contribution in [0.2, 0.25) is 0 Å². The molecule has 0 bridgehead atoms. The number of nitrogens with zero attached hydrogens (tertiary/aromatic N) is 1. The fourth-order valence-corrected chi connectivity index (χ4v) is 5.90. The molecular formula is C46H80NO7+. The fraction of sp³-hybridized carbons (Fsp3) is 0.717. The third-order valence-electron chi connectivity index (χ3n) is 9.24. The van der Waals surface area contributed by atoms with Gasteiger partial charge in [0.05, 0.1) is 34.4 Å². The van der Waals surface area contributed by atoms with Gasteiger partial charge in [-0.05, 0) is 57.8 Å². The fourth-order valence-electron chi connectivity index (χ4n) is 5.90. The molecule has 0 saturated carbocycles. The first-order valence-corrected chi connectivity index (χ1v) is 21.4. The minimum Gasteiger partial charge on any atom is -0.477 e. The lowest BCUT2D eigenvalue weighted by molar-refractivity contribution is -0.887. The Hall–Kier alpha value is -2.97. The predicted molar refractivity (Wildman–Crippen MR) is 224 cm³/mol. The van der Waals surface area contributed by atoms with Gasteiger partial charge in [-0.1, -0.05) is 145 Å². The highest BCUT2D eigenvalue weighted by Crippen LogP contribution is 2.13. The maximum atomic E-state index is 12.7. The SMILES string of the molecule is CC/C=C/C=C/C=C/CCCCCCCCCC(=O)OC(COCCC(C(=O)O)[N+](C)(C)C)COC(=O)CCCCCCCC/C=C/C=C/CCCCC. The number of rotatable bonds is 37. The van der Waals surface area contributed by atoms with Crippen LogP contribution >= 0.6 is 0 Å². The highest BCUT2D eigenvalue weighted by molar-refractivity contribution is 5.72. The van der Waals surface area contributed by atoms with Crippen molar-refractivity contribution in [1.82, 2.24) is 0 Å². The minimum absolute atomic E-state index is 0.0499. The van der Waals surface area contributed by atoms with Gasteiger partial charge in [0.1, 0.15) is 6.61 Å². The summed E-state index contributed by atoms with van der Waals surface area (Å²) in [6.45, 7) is 4.54. The molecule has 2 unspecified atom stereocenters. The molecular weight excluding hydrogens is 679 g/mol. The van der Waals surface area contributed by atoms with Crippen LogP contribution in [0.5, 0.6) is 0 Å². The second-order valence-corrected chi connectivity index (χ2v) is 15.3. The monoisotopic (exact) mass is 759 g/mol. The van der Waals surface area contributed by atoms with E-state index in [2.05, 4.69) is 74.6 Å². The number of ether oxygens (including phenoxy) is 3. The molecule has 0 saturated heterocycles. The second-order valence-electron chi connectivity index (χ2n) is 15.3. The Balaban J connectivity index is 4.41. The molecule has 0 fully saturated rings. The number of esters is 2. The zero-order valence-electron chi connectivity index (χ0n) is 35.2. The Morgan fingerprint density at radius 3 is 1.54 bits per heavy atom. The van der Waals surface area contributed by atoms with Crippen molar-refractivity contribution in [3.63, 3.8) is 0 Å². The van der Waals surface area contributed by atoms with E-state index in [9.17, 15) is 19.5 Å². The van der Waals surface area contributed by atoms with Crippen molar-refractivity contribution in [3.05, 3.63) is 60.8 Å². The summed E-state index contributed by atoms with van der Waals surface area (Å²) in [6.07, 6.45) is 44.0. The molecule has 0 aromatic heterocycles. The number of aliphatic carboxylic acids is 1. The largest absolute Gasteiger partial charge is 0.477 e. The molecule has 0 rings (SSSR count). The highest BCUT2D eigenvalue weighted by Gasteiger charge is 2.31. The highest BCUT2D eigenvalue weighted by atomic mass is 16.6. The van der Waals surface area contributed by atoms with Crippen molar-refractivity contribution in [2.75, 3.05) is 41.0 Å².